The highest BCUT2D eigenvalue weighted by atomic mass is 16.7. The van der Waals surface area contributed by atoms with E-state index in [4.69, 9.17) is 23.7 Å². The zero-order valence-corrected chi connectivity index (χ0v) is 13.4. The van der Waals surface area contributed by atoms with E-state index >= 15 is 0 Å². The highest BCUT2D eigenvalue weighted by Gasteiger charge is 2.47. The zero-order chi connectivity index (χ0) is 17.6. The van der Waals surface area contributed by atoms with E-state index in [1.54, 1.807) is 0 Å². The summed E-state index contributed by atoms with van der Waals surface area (Å²) in [5.74, 6) is -2.43. The Hall–Kier alpha value is -2.16. The molecule has 0 aromatic carbocycles. The second-order valence-electron chi connectivity index (χ2n) is 4.97. The number of hydrogen-bond acceptors (Lipinski definition) is 9. The van der Waals surface area contributed by atoms with Crippen molar-refractivity contribution in [3.63, 3.8) is 0 Å². The van der Waals surface area contributed by atoms with E-state index in [-0.39, 0.29) is 13.2 Å². The summed E-state index contributed by atoms with van der Waals surface area (Å²) in [6, 6.07) is 0. The number of esters is 4. The van der Waals surface area contributed by atoms with E-state index in [1.807, 2.05) is 0 Å². The molecule has 0 spiro atoms. The van der Waals surface area contributed by atoms with Gasteiger partial charge in [-0.05, 0) is 0 Å². The highest BCUT2D eigenvalue weighted by molar-refractivity contribution is 5.68. The first-order valence-electron chi connectivity index (χ1n) is 6.97. The Morgan fingerprint density at radius 3 is 1.83 bits per heavy atom. The van der Waals surface area contributed by atoms with Crippen LogP contribution in [0.15, 0.2) is 0 Å². The lowest BCUT2D eigenvalue weighted by Gasteiger charge is -2.40. The van der Waals surface area contributed by atoms with Gasteiger partial charge >= 0.3 is 23.9 Å². The molecule has 4 atom stereocenters. The molecule has 0 aromatic heterocycles. The quantitative estimate of drug-likeness (QED) is 0.496. The van der Waals surface area contributed by atoms with E-state index in [9.17, 15) is 19.2 Å². The molecule has 130 valence electrons. The van der Waals surface area contributed by atoms with Crippen LogP contribution in [0, 0.1) is 0 Å². The molecule has 23 heavy (non-hydrogen) atoms. The summed E-state index contributed by atoms with van der Waals surface area (Å²) in [5.41, 5.74) is 0. The van der Waals surface area contributed by atoms with Crippen molar-refractivity contribution in [3.8, 4) is 0 Å². The molecule has 1 fully saturated rings. The number of hydrogen-bond donors (Lipinski definition) is 0. The van der Waals surface area contributed by atoms with E-state index in [2.05, 4.69) is 0 Å². The average molecular weight is 332 g/mol. The topological polar surface area (TPSA) is 114 Å². The second kappa shape index (κ2) is 8.47. The van der Waals surface area contributed by atoms with Crippen molar-refractivity contribution >= 4 is 23.9 Å². The molecule has 9 nitrogen and oxygen atoms in total. The Morgan fingerprint density at radius 1 is 0.826 bits per heavy atom. The van der Waals surface area contributed by atoms with Crippen molar-refractivity contribution in [3.05, 3.63) is 0 Å². The van der Waals surface area contributed by atoms with Crippen molar-refractivity contribution in [2.24, 2.45) is 0 Å². The summed E-state index contributed by atoms with van der Waals surface area (Å²) in [7, 11) is 0. The summed E-state index contributed by atoms with van der Waals surface area (Å²) in [6.07, 6.45) is -3.92. The molecule has 0 radical (unpaired) electrons. The van der Waals surface area contributed by atoms with Gasteiger partial charge in [-0.25, -0.2) is 0 Å². The molecular weight excluding hydrogens is 312 g/mol. The van der Waals surface area contributed by atoms with E-state index < -0.39 is 48.3 Å². The van der Waals surface area contributed by atoms with Crippen LogP contribution in [-0.2, 0) is 42.9 Å². The van der Waals surface area contributed by atoms with Crippen LogP contribution in [0.5, 0.6) is 0 Å². The molecule has 0 aliphatic carbocycles. The molecule has 9 heteroatoms. The largest absolute Gasteiger partial charge is 0.463 e. The predicted molar refractivity (Wildman–Crippen MR) is 73.0 cm³/mol. The molecule has 1 aliphatic heterocycles. The van der Waals surface area contributed by atoms with Gasteiger partial charge in [-0.2, -0.15) is 0 Å². The van der Waals surface area contributed by atoms with Gasteiger partial charge < -0.3 is 23.7 Å². The van der Waals surface area contributed by atoms with Crippen LogP contribution in [-0.4, -0.2) is 61.5 Å². The Kier molecular flexibility index (Phi) is 6.95. The van der Waals surface area contributed by atoms with Gasteiger partial charge in [0, 0.05) is 27.7 Å². The first kappa shape index (κ1) is 18.9. The van der Waals surface area contributed by atoms with Crippen molar-refractivity contribution < 1.29 is 42.9 Å². The van der Waals surface area contributed by atoms with Crippen molar-refractivity contribution in [2.75, 3.05) is 13.2 Å². The van der Waals surface area contributed by atoms with Gasteiger partial charge in [0.2, 0.25) is 0 Å². The van der Waals surface area contributed by atoms with Gasteiger partial charge in [0.05, 0.1) is 6.61 Å². The third-order valence-corrected chi connectivity index (χ3v) is 2.90. The smallest absolute Gasteiger partial charge is 0.303 e. The van der Waals surface area contributed by atoms with Crippen LogP contribution in [0.1, 0.15) is 27.7 Å². The van der Waals surface area contributed by atoms with Gasteiger partial charge in [-0.3, -0.25) is 19.2 Å². The first-order valence-corrected chi connectivity index (χ1v) is 6.97. The van der Waals surface area contributed by atoms with Crippen LogP contribution in [0.2, 0.25) is 0 Å². The Morgan fingerprint density at radius 2 is 1.35 bits per heavy atom. The third-order valence-electron chi connectivity index (χ3n) is 2.90. The maximum atomic E-state index is 11.3. The Labute approximate surface area is 133 Å². The molecular formula is C14H20O9. The maximum Gasteiger partial charge on any atom is 0.303 e. The summed E-state index contributed by atoms with van der Waals surface area (Å²) >= 11 is 0. The summed E-state index contributed by atoms with van der Waals surface area (Å²) in [5, 5.41) is 0. The van der Waals surface area contributed by atoms with Gasteiger partial charge in [-0.15, -0.1) is 0 Å². The maximum absolute atomic E-state index is 11.3. The second-order valence-corrected chi connectivity index (χ2v) is 4.97. The summed E-state index contributed by atoms with van der Waals surface area (Å²) < 4.78 is 25.6. The van der Waals surface area contributed by atoms with Gasteiger partial charge in [0.15, 0.2) is 18.3 Å². The van der Waals surface area contributed by atoms with Crippen LogP contribution < -0.4 is 0 Å². The molecule has 1 saturated heterocycles. The number of rotatable bonds is 5. The number of ether oxygens (including phenoxy) is 5. The molecule has 0 aromatic rings. The van der Waals surface area contributed by atoms with E-state index in [0.717, 1.165) is 0 Å². The third kappa shape index (κ3) is 6.23. The Bertz CT molecular complexity index is 473. The lowest BCUT2D eigenvalue weighted by Crippen LogP contribution is -2.58. The fourth-order valence-corrected chi connectivity index (χ4v) is 2.16. The fourth-order valence-electron chi connectivity index (χ4n) is 2.16. The fraction of sp³-hybridized carbons (Fsp3) is 0.714. The van der Waals surface area contributed by atoms with Gasteiger partial charge in [0.25, 0.3) is 0 Å². The normalized spacial score (nSPS) is 26.8. The number of carbonyl (C=O) groups excluding carboxylic acids is 4. The van der Waals surface area contributed by atoms with E-state index in [1.165, 1.54) is 27.7 Å². The van der Waals surface area contributed by atoms with Crippen molar-refractivity contribution in [1.82, 2.24) is 0 Å². The standard InChI is InChI=1S/C14H20O9/c1-7(15)19-5-11-13(22-9(3)17)14(23-10(4)18)12(6-20-11)21-8(2)16/h11-14H,5-6H2,1-4H3/t11-,12+,13-,14-/m1/s1. The molecule has 1 rings (SSSR count). The average Bonchev–Trinajstić information content (AvgIpc) is 2.39. The summed E-state index contributed by atoms with van der Waals surface area (Å²) in [6.45, 7) is 4.46. The molecule has 0 saturated carbocycles. The first-order chi connectivity index (χ1) is 10.7. The van der Waals surface area contributed by atoms with Gasteiger partial charge in [0.1, 0.15) is 12.7 Å². The molecule has 1 aliphatic rings. The zero-order valence-electron chi connectivity index (χ0n) is 13.4. The lowest BCUT2D eigenvalue weighted by atomic mass is 9.99. The van der Waals surface area contributed by atoms with Crippen molar-refractivity contribution in [2.45, 2.75) is 52.1 Å². The van der Waals surface area contributed by atoms with Gasteiger partial charge in [-0.1, -0.05) is 0 Å². The number of carbonyl (C=O) groups is 4. The van der Waals surface area contributed by atoms with E-state index in [0.29, 0.717) is 0 Å². The monoisotopic (exact) mass is 332 g/mol. The molecule has 0 unspecified atom stereocenters. The molecule has 1 heterocycles. The minimum atomic E-state index is -1.08. The predicted octanol–water partition coefficient (Wildman–Crippen LogP) is -0.257. The Balaban J connectivity index is 2.98. The molecule has 0 amide bonds. The summed E-state index contributed by atoms with van der Waals surface area (Å²) in [4.78, 5) is 44.8. The molecule has 0 N–H and O–H groups in total. The van der Waals surface area contributed by atoms with Crippen LogP contribution in [0.4, 0.5) is 0 Å². The lowest BCUT2D eigenvalue weighted by molar-refractivity contribution is -0.231. The highest BCUT2D eigenvalue weighted by Crippen LogP contribution is 2.24. The molecule has 0 bridgehead atoms. The SMILES string of the molecule is CC(=O)OC[C@H]1OC[C@H](OC(C)=O)[C@@H](OC(C)=O)[C@@H]1OC(C)=O. The van der Waals surface area contributed by atoms with Crippen LogP contribution >= 0.6 is 0 Å². The minimum Gasteiger partial charge on any atom is -0.463 e. The van der Waals surface area contributed by atoms with Crippen molar-refractivity contribution in [1.29, 1.82) is 0 Å². The van der Waals surface area contributed by atoms with Crippen LogP contribution in [0.3, 0.4) is 0 Å². The van der Waals surface area contributed by atoms with Crippen LogP contribution in [0.25, 0.3) is 0 Å². The minimum absolute atomic E-state index is 0.0960.